The number of cyclic esters (lactones) is 2. The van der Waals surface area contributed by atoms with Crippen molar-refractivity contribution in [3.05, 3.63) is 182 Å². The van der Waals surface area contributed by atoms with Crippen LogP contribution in [0, 0.1) is 17.8 Å². The number of aryl methyl sites for hydroxylation is 1. The second kappa shape index (κ2) is 32.2. The zero-order valence-electron chi connectivity index (χ0n) is 53.4. The van der Waals surface area contributed by atoms with Crippen molar-refractivity contribution >= 4 is 76.2 Å². The molecule has 3 aliphatic rings. The molecule has 0 spiro atoms. The molecule has 30 heteroatoms. The SMILES string of the molecule is CC(O)(Cn1cncn1)c1ccc(Oc2ccc(Cl)cc2)cc1C(F)(F)F.COc1ccnc(C(=O)N[C@H]2COC(=O)[C@H](Cc3ccccc3)[C@@H](OC(=O)C(C)C)[C@H](C)OC2=O)c1OCOC(=O)C(C)C.Cn1cc(C(=O)Nc2cccc3c2C2CCC3C2=C(Cl)Cl)c(C(F)F)n1. The number of hydrogen-bond donors (Lipinski definition) is 3. The van der Waals surface area contributed by atoms with Gasteiger partial charge in [-0.25, -0.2) is 28.2 Å². The number of aromatic nitrogens is 6. The Balaban J connectivity index is 0.000000195. The summed E-state index contributed by atoms with van der Waals surface area (Å²) in [7, 11) is 2.84. The van der Waals surface area contributed by atoms with Crippen LogP contribution in [-0.4, -0.2) is 109 Å². The predicted molar refractivity (Wildman–Crippen MR) is 342 cm³/mol. The number of ether oxygens (including phenoxy) is 7. The fraction of sp³-hybridized carbons (Fsp3) is 0.373. The van der Waals surface area contributed by atoms with Crippen molar-refractivity contribution < 1.29 is 89.0 Å². The van der Waals surface area contributed by atoms with Crippen molar-refractivity contribution in [3.63, 3.8) is 0 Å². The third-order valence-electron chi connectivity index (χ3n) is 15.6. The molecule has 7 atom stereocenters. The molecule has 3 N–H and O–H groups in total. The number of methoxy groups -OCH3 is 1. The molecule has 4 aromatic carbocycles. The third kappa shape index (κ3) is 18.5. The van der Waals surface area contributed by atoms with Crippen LogP contribution >= 0.6 is 34.8 Å². The number of esters is 4. The van der Waals surface area contributed by atoms with E-state index in [0.29, 0.717) is 16.5 Å². The quantitative estimate of drug-likeness (QED) is 0.0294. The minimum absolute atomic E-state index is 0.00930. The van der Waals surface area contributed by atoms with E-state index >= 15 is 0 Å². The summed E-state index contributed by atoms with van der Waals surface area (Å²) >= 11 is 17.9. The number of alkyl halides is 5. The fourth-order valence-corrected chi connectivity index (χ4v) is 11.7. The normalized spacial score (nSPS) is 18.7. The maximum atomic E-state index is 13.6. The molecule has 97 heavy (non-hydrogen) atoms. The minimum Gasteiger partial charge on any atom is -0.493 e. The summed E-state index contributed by atoms with van der Waals surface area (Å²) in [4.78, 5) is 84.8. The van der Waals surface area contributed by atoms with Crippen molar-refractivity contribution in [2.24, 2.45) is 24.8 Å². The van der Waals surface area contributed by atoms with Crippen LogP contribution in [0.3, 0.4) is 0 Å². The number of anilines is 1. The van der Waals surface area contributed by atoms with Gasteiger partial charge in [-0.2, -0.15) is 23.4 Å². The molecule has 1 saturated carbocycles. The summed E-state index contributed by atoms with van der Waals surface area (Å²) in [6.07, 6.45) is -2.59. The number of hydrogen-bond acceptors (Lipinski definition) is 18. The number of rotatable bonds is 19. The van der Waals surface area contributed by atoms with Gasteiger partial charge in [-0.15, -0.1) is 0 Å². The van der Waals surface area contributed by atoms with E-state index in [-0.39, 0.29) is 63.4 Å². The highest BCUT2D eigenvalue weighted by atomic mass is 35.5. The van der Waals surface area contributed by atoms with Gasteiger partial charge in [0.25, 0.3) is 18.2 Å². The summed E-state index contributed by atoms with van der Waals surface area (Å²) in [5.41, 5.74) is 0.404. The average molecular weight is 1410 g/mol. The molecule has 2 fully saturated rings. The topological polar surface area (TPSA) is 273 Å². The highest BCUT2D eigenvalue weighted by Crippen LogP contribution is 2.60. The predicted octanol–water partition coefficient (Wildman–Crippen LogP) is 12.6. The van der Waals surface area contributed by atoms with Crippen molar-refractivity contribution in [3.8, 4) is 23.0 Å². The molecule has 2 amide bonds. The van der Waals surface area contributed by atoms with Gasteiger partial charge >= 0.3 is 30.1 Å². The minimum atomic E-state index is -4.68. The number of carbonyl (C=O) groups excluding carboxylic acids is 6. The number of benzene rings is 4. The summed E-state index contributed by atoms with van der Waals surface area (Å²) in [6, 6.07) is 24.3. The van der Waals surface area contributed by atoms with E-state index < -0.39 is 115 Å². The molecule has 4 heterocycles. The van der Waals surface area contributed by atoms with E-state index in [1.54, 1.807) is 70.2 Å². The molecule has 10 rings (SSSR count). The molecule has 3 unspecified atom stereocenters. The second-order valence-corrected chi connectivity index (χ2v) is 24.8. The Morgan fingerprint density at radius 3 is 2.19 bits per heavy atom. The summed E-state index contributed by atoms with van der Waals surface area (Å²) in [6.45, 7) is 8.09. The van der Waals surface area contributed by atoms with Crippen LogP contribution in [0.25, 0.3) is 0 Å². The van der Waals surface area contributed by atoms with Crippen LogP contribution in [0.15, 0.2) is 132 Å². The molecular formula is C67H68Cl3F5N8O14. The van der Waals surface area contributed by atoms with Crippen LogP contribution < -0.4 is 24.8 Å². The first kappa shape index (κ1) is 73.6. The molecule has 0 radical (unpaired) electrons. The lowest BCUT2D eigenvalue weighted by Crippen LogP contribution is -2.47. The van der Waals surface area contributed by atoms with Crippen molar-refractivity contribution in [2.75, 3.05) is 25.8 Å². The van der Waals surface area contributed by atoms with Gasteiger partial charge < -0.3 is 48.9 Å². The van der Waals surface area contributed by atoms with Crippen LogP contribution in [0.4, 0.5) is 27.6 Å². The van der Waals surface area contributed by atoms with Gasteiger partial charge in [0.2, 0.25) is 6.79 Å². The average Bonchev–Trinajstić information content (AvgIpc) is 1.59. The number of carbonyl (C=O) groups is 6. The number of pyridine rings is 1. The zero-order chi connectivity index (χ0) is 70.6. The molecule has 7 aromatic rings. The maximum absolute atomic E-state index is 13.6. The standard InChI is InChI=1S/C31H38N2O11.C18H15Cl2F2N3O.C18H15ClF3N3O2/c1-17(2)28(35)42-16-41-26-23(39-6)12-13-32-24(26)27(34)33-22-15-40-30(37)21(14-20-10-8-7-9-11-20)25(19(5)43-31(22)38)44-29(36)18(3)4;1-25-7-11(15(24-25)17(21)22)18(26)23-12-4-2-3-8-9-5-6-10(13(8)12)14(9)16(19)20;1-17(26,9-25-11-23-10-24-25)15-7-6-14(8-16(15)18(20,21)22)27-13-4-2-12(19)3-5-13/h7-13,17-19,21-22,25H,14-16H2,1-6H3,(H,33,34);2-4,7,9-10,17H,5-6H2,1H3,(H,23,26);2-8,10-11,26H,9H2,1H3/t19-,21+,22-,25-;;/m0../s1. The summed E-state index contributed by atoms with van der Waals surface area (Å²) in [5, 5.41) is 23.9. The highest BCUT2D eigenvalue weighted by molar-refractivity contribution is 6.56. The number of allylic oxidation sites excluding steroid dienone is 1. The maximum Gasteiger partial charge on any atom is 0.416 e. The van der Waals surface area contributed by atoms with E-state index in [0.717, 1.165) is 41.2 Å². The molecule has 1 aliphatic heterocycles. The Labute approximate surface area is 568 Å². The number of aliphatic hydroxyl groups is 1. The molecule has 516 valence electrons. The monoisotopic (exact) mass is 1410 g/mol. The molecule has 2 aliphatic carbocycles. The first-order valence-electron chi connectivity index (χ1n) is 30.2. The van der Waals surface area contributed by atoms with Gasteiger partial charge in [-0.05, 0) is 103 Å². The summed E-state index contributed by atoms with van der Waals surface area (Å²) < 4.78 is 108. The van der Waals surface area contributed by atoms with Crippen LogP contribution in [0.5, 0.6) is 23.0 Å². The molecule has 1 saturated heterocycles. The first-order valence-corrected chi connectivity index (χ1v) is 31.3. The smallest absolute Gasteiger partial charge is 0.416 e. The second-order valence-electron chi connectivity index (χ2n) is 23.4. The van der Waals surface area contributed by atoms with Gasteiger partial charge in [0.1, 0.15) is 58.6 Å². The van der Waals surface area contributed by atoms with E-state index in [4.69, 9.17) is 68.0 Å². The first-order chi connectivity index (χ1) is 45.9. The Morgan fingerprint density at radius 2 is 1.55 bits per heavy atom. The van der Waals surface area contributed by atoms with Crippen molar-refractivity contribution in [2.45, 2.75) is 116 Å². The largest absolute Gasteiger partial charge is 0.493 e. The van der Waals surface area contributed by atoms with Gasteiger partial charge in [0, 0.05) is 48.1 Å². The van der Waals surface area contributed by atoms with Crippen LogP contribution in [0.2, 0.25) is 5.02 Å². The highest BCUT2D eigenvalue weighted by Gasteiger charge is 2.46. The summed E-state index contributed by atoms with van der Waals surface area (Å²) in [5.74, 6) is -5.67. The van der Waals surface area contributed by atoms with Crippen LogP contribution in [0.1, 0.15) is 127 Å². The van der Waals surface area contributed by atoms with E-state index in [2.05, 4.69) is 30.8 Å². The fourth-order valence-electron chi connectivity index (χ4n) is 11.0. The number of halogens is 8. The van der Waals surface area contributed by atoms with Gasteiger partial charge in [-0.1, -0.05) is 111 Å². The number of nitrogens with zero attached hydrogens (tertiary/aromatic N) is 6. The lowest BCUT2D eigenvalue weighted by atomic mass is 9.90. The van der Waals surface area contributed by atoms with Gasteiger partial charge in [0.05, 0.1) is 36.6 Å². The van der Waals surface area contributed by atoms with E-state index in [1.165, 1.54) is 80.6 Å². The molecule has 3 aromatic heterocycles. The van der Waals surface area contributed by atoms with Gasteiger partial charge in [0.15, 0.2) is 29.3 Å². The van der Waals surface area contributed by atoms with Crippen LogP contribution in [-0.2, 0) is 69.9 Å². The number of amides is 2. The van der Waals surface area contributed by atoms with Gasteiger partial charge in [-0.3, -0.25) is 28.7 Å². The van der Waals surface area contributed by atoms with Crippen molar-refractivity contribution in [1.82, 2.24) is 34.8 Å². The number of nitrogens with one attached hydrogen (secondary N) is 2. The van der Waals surface area contributed by atoms with Crippen molar-refractivity contribution in [1.29, 1.82) is 0 Å². The number of fused-ring (bicyclic) bond motifs is 5. The molecule has 22 nitrogen and oxygen atoms in total. The Bertz CT molecular complexity index is 3990. The Morgan fingerprint density at radius 1 is 0.856 bits per heavy atom. The lowest BCUT2D eigenvalue weighted by molar-refractivity contribution is -0.176. The third-order valence-corrected chi connectivity index (χ3v) is 16.3. The van der Waals surface area contributed by atoms with E-state index in [1.807, 2.05) is 30.3 Å². The lowest BCUT2D eigenvalue weighted by Gasteiger charge is -2.29. The molecule has 2 bridgehead atoms. The Hall–Kier alpha value is -9.18. The Kier molecular flexibility index (Phi) is 24.5. The zero-order valence-corrected chi connectivity index (χ0v) is 55.7. The molecular weight excluding hydrogens is 1340 g/mol. The van der Waals surface area contributed by atoms with E-state index in [9.17, 15) is 55.8 Å².